The van der Waals surface area contributed by atoms with Crippen molar-refractivity contribution in [2.75, 3.05) is 20.0 Å². The van der Waals surface area contributed by atoms with Gasteiger partial charge in [0.1, 0.15) is 6.79 Å². The molecule has 0 radical (unpaired) electrons. The third-order valence-corrected chi connectivity index (χ3v) is 4.91. The number of ether oxygens (including phenoxy) is 2. The second-order valence-electron chi connectivity index (χ2n) is 3.74. The number of thiophene rings is 2. The van der Waals surface area contributed by atoms with E-state index in [-0.39, 0.29) is 0 Å². The van der Waals surface area contributed by atoms with Gasteiger partial charge < -0.3 is 9.47 Å². The Balaban J connectivity index is 1.82. The maximum atomic E-state index is 5.32. The van der Waals surface area contributed by atoms with Crippen molar-refractivity contribution >= 4 is 22.7 Å². The molecule has 0 amide bonds. The van der Waals surface area contributed by atoms with Crippen molar-refractivity contribution in [1.82, 2.24) is 0 Å². The third-order valence-electron chi connectivity index (χ3n) is 2.60. The molecule has 0 unspecified atom stereocenters. The van der Waals surface area contributed by atoms with Crippen molar-refractivity contribution in [3.63, 3.8) is 0 Å². The first-order valence-electron chi connectivity index (χ1n) is 5.22. The van der Waals surface area contributed by atoms with Gasteiger partial charge >= 0.3 is 0 Å². The fraction of sp³-hybridized carbons (Fsp3) is 0.333. The minimum Gasteiger partial charge on any atom is -0.355 e. The Kier molecular flexibility index (Phi) is 3.06. The van der Waals surface area contributed by atoms with E-state index in [1.165, 1.54) is 14.6 Å². The molecule has 1 saturated heterocycles. The fourth-order valence-electron chi connectivity index (χ4n) is 1.78. The molecule has 0 saturated carbocycles. The van der Waals surface area contributed by atoms with Crippen LogP contribution in [0.1, 0.15) is 10.8 Å². The van der Waals surface area contributed by atoms with Crippen LogP contribution in [0.25, 0.3) is 9.75 Å². The molecule has 3 rings (SSSR count). The van der Waals surface area contributed by atoms with Crippen molar-refractivity contribution < 1.29 is 9.47 Å². The van der Waals surface area contributed by atoms with Gasteiger partial charge in [0, 0.05) is 20.5 Å². The van der Waals surface area contributed by atoms with E-state index in [2.05, 4.69) is 29.6 Å². The molecule has 0 N–H and O–H groups in total. The maximum Gasteiger partial charge on any atom is 0.146 e. The van der Waals surface area contributed by atoms with Crippen LogP contribution < -0.4 is 0 Å². The fourth-order valence-corrected chi connectivity index (χ4v) is 3.69. The molecular weight excluding hydrogens is 240 g/mol. The molecule has 4 heteroatoms. The molecule has 2 nitrogen and oxygen atoms in total. The van der Waals surface area contributed by atoms with Gasteiger partial charge in [-0.1, -0.05) is 6.07 Å². The lowest BCUT2D eigenvalue weighted by molar-refractivity contribution is -0.107. The van der Waals surface area contributed by atoms with Gasteiger partial charge in [0.15, 0.2) is 0 Å². The summed E-state index contributed by atoms with van der Waals surface area (Å²) in [5, 5.41) is 2.11. The summed E-state index contributed by atoms with van der Waals surface area (Å²) in [6, 6.07) is 8.64. The van der Waals surface area contributed by atoms with E-state index in [0.717, 1.165) is 13.2 Å². The van der Waals surface area contributed by atoms with E-state index in [1.54, 1.807) is 11.3 Å². The topological polar surface area (TPSA) is 18.5 Å². The molecule has 0 spiro atoms. The summed E-state index contributed by atoms with van der Waals surface area (Å²) in [6.45, 7) is 2.01. The first kappa shape index (κ1) is 10.5. The van der Waals surface area contributed by atoms with Crippen molar-refractivity contribution in [3.8, 4) is 9.75 Å². The van der Waals surface area contributed by atoms with Crippen LogP contribution in [0.3, 0.4) is 0 Å². The van der Waals surface area contributed by atoms with Gasteiger partial charge in [0.2, 0.25) is 0 Å². The maximum absolute atomic E-state index is 5.32. The Bertz CT molecular complexity index is 441. The van der Waals surface area contributed by atoms with Crippen LogP contribution in [0.2, 0.25) is 0 Å². The predicted molar refractivity (Wildman–Crippen MR) is 67.1 cm³/mol. The lowest BCUT2D eigenvalue weighted by Crippen LogP contribution is -2.21. The first-order chi connectivity index (χ1) is 7.93. The van der Waals surface area contributed by atoms with Crippen molar-refractivity contribution in [1.29, 1.82) is 0 Å². The molecule has 0 atom stereocenters. The SMILES string of the molecule is c1csc(-c2ccc(C3COCOC3)s2)c1. The monoisotopic (exact) mass is 252 g/mol. The highest BCUT2D eigenvalue weighted by atomic mass is 32.1. The average Bonchev–Trinajstić information content (AvgIpc) is 3.01. The summed E-state index contributed by atoms with van der Waals surface area (Å²) < 4.78 is 10.6. The van der Waals surface area contributed by atoms with Crippen LogP contribution in [0.5, 0.6) is 0 Å². The van der Waals surface area contributed by atoms with Gasteiger partial charge in [-0.3, -0.25) is 0 Å². The Hall–Kier alpha value is -0.680. The lowest BCUT2D eigenvalue weighted by Gasteiger charge is -2.20. The second kappa shape index (κ2) is 4.67. The van der Waals surface area contributed by atoms with Crippen LogP contribution in [-0.2, 0) is 9.47 Å². The summed E-state index contributed by atoms with van der Waals surface area (Å²) in [7, 11) is 0. The molecule has 0 aromatic carbocycles. The predicted octanol–water partition coefficient (Wildman–Crippen LogP) is 3.56. The second-order valence-corrected chi connectivity index (χ2v) is 5.80. The Morgan fingerprint density at radius 2 is 1.94 bits per heavy atom. The van der Waals surface area contributed by atoms with Gasteiger partial charge in [-0.05, 0) is 23.6 Å². The lowest BCUT2D eigenvalue weighted by atomic mass is 10.1. The number of hydrogen-bond acceptors (Lipinski definition) is 4. The quantitative estimate of drug-likeness (QED) is 0.813. The minimum atomic E-state index is 0.410. The van der Waals surface area contributed by atoms with Crippen LogP contribution in [0, 0.1) is 0 Å². The van der Waals surface area contributed by atoms with E-state index in [0.29, 0.717) is 12.7 Å². The van der Waals surface area contributed by atoms with E-state index >= 15 is 0 Å². The minimum absolute atomic E-state index is 0.410. The third kappa shape index (κ3) is 2.06. The molecule has 1 aliphatic heterocycles. The van der Waals surface area contributed by atoms with Gasteiger partial charge in [-0.2, -0.15) is 0 Å². The van der Waals surface area contributed by atoms with E-state index in [1.807, 2.05) is 11.3 Å². The standard InChI is InChI=1S/C12H12O2S2/c1-2-11(15-5-1)12-4-3-10(16-12)9-6-13-8-14-7-9/h1-5,9H,6-8H2. The molecule has 2 aromatic rings. The zero-order valence-corrected chi connectivity index (χ0v) is 10.4. The van der Waals surface area contributed by atoms with E-state index in [9.17, 15) is 0 Å². The number of rotatable bonds is 2. The van der Waals surface area contributed by atoms with E-state index in [4.69, 9.17) is 9.47 Å². The summed E-state index contributed by atoms with van der Waals surface area (Å²) in [5.41, 5.74) is 0. The smallest absolute Gasteiger partial charge is 0.146 e. The molecule has 16 heavy (non-hydrogen) atoms. The van der Waals surface area contributed by atoms with Gasteiger partial charge in [-0.15, -0.1) is 22.7 Å². The highest BCUT2D eigenvalue weighted by molar-refractivity contribution is 7.21. The van der Waals surface area contributed by atoms with Crippen molar-refractivity contribution in [2.24, 2.45) is 0 Å². The Labute approximate surface area is 102 Å². The molecule has 1 aliphatic rings. The van der Waals surface area contributed by atoms with Crippen LogP contribution in [0.15, 0.2) is 29.6 Å². The molecule has 0 bridgehead atoms. The van der Waals surface area contributed by atoms with Gasteiger partial charge in [0.05, 0.1) is 13.2 Å². The van der Waals surface area contributed by atoms with Crippen molar-refractivity contribution in [2.45, 2.75) is 5.92 Å². The molecule has 2 aromatic heterocycles. The molecule has 84 valence electrons. The average molecular weight is 252 g/mol. The van der Waals surface area contributed by atoms with Crippen LogP contribution >= 0.6 is 22.7 Å². The summed E-state index contributed by atoms with van der Waals surface area (Å²) in [5.74, 6) is 0.410. The molecular formula is C12H12O2S2. The molecule has 0 aliphatic carbocycles. The van der Waals surface area contributed by atoms with Crippen molar-refractivity contribution in [3.05, 3.63) is 34.5 Å². The summed E-state index contributed by atoms with van der Waals surface area (Å²) >= 11 is 3.63. The number of hydrogen-bond donors (Lipinski definition) is 0. The molecule has 1 fully saturated rings. The highest BCUT2D eigenvalue weighted by Crippen LogP contribution is 2.35. The Morgan fingerprint density at radius 3 is 2.69 bits per heavy atom. The van der Waals surface area contributed by atoms with Crippen LogP contribution in [-0.4, -0.2) is 20.0 Å². The summed E-state index contributed by atoms with van der Waals surface area (Å²) in [6.07, 6.45) is 0. The normalized spacial score (nSPS) is 17.8. The summed E-state index contributed by atoms with van der Waals surface area (Å²) in [4.78, 5) is 4.05. The molecule has 3 heterocycles. The first-order valence-corrected chi connectivity index (χ1v) is 6.92. The Morgan fingerprint density at radius 1 is 1.06 bits per heavy atom. The van der Waals surface area contributed by atoms with Gasteiger partial charge in [-0.25, -0.2) is 0 Å². The van der Waals surface area contributed by atoms with E-state index < -0.39 is 0 Å². The van der Waals surface area contributed by atoms with Crippen LogP contribution in [0.4, 0.5) is 0 Å². The van der Waals surface area contributed by atoms with Gasteiger partial charge in [0.25, 0.3) is 0 Å². The zero-order valence-electron chi connectivity index (χ0n) is 8.72. The largest absolute Gasteiger partial charge is 0.355 e. The highest BCUT2D eigenvalue weighted by Gasteiger charge is 2.18. The zero-order chi connectivity index (χ0) is 10.8.